The van der Waals surface area contributed by atoms with Crippen LogP contribution in [0.5, 0.6) is 0 Å². The smallest absolute Gasteiger partial charge is 0.306 e. The van der Waals surface area contributed by atoms with Crippen molar-refractivity contribution in [2.24, 2.45) is 46.3 Å². The first-order chi connectivity index (χ1) is 19.0. The second kappa shape index (κ2) is 10.5. The largest absolute Gasteiger partial charge is 0.462 e. The number of hydrogen-bond acceptors (Lipinski definition) is 5. The molecule has 0 unspecified atom stereocenters. The van der Waals surface area contributed by atoms with Gasteiger partial charge in [-0.3, -0.25) is 4.79 Å². The molecule has 6 rings (SSSR count). The zero-order chi connectivity index (χ0) is 28.5. The van der Waals surface area contributed by atoms with E-state index in [9.17, 15) is 4.79 Å². The van der Waals surface area contributed by atoms with E-state index in [2.05, 4.69) is 48.5 Å². The van der Waals surface area contributed by atoms with Crippen LogP contribution in [-0.4, -0.2) is 35.9 Å². The van der Waals surface area contributed by atoms with Crippen LogP contribution in [0.4, 0.5) is 0 Å². The first-order valence-electron chi connectivity index (χ1n) is 17.2. The molecule has 5 nitrogen and oxygen atoms in total. The van der Waals surface area contributed by atoms with Crippen LogP contribution in [0.1, 0.15) is 138 Å². The first-order valence-corrected chi connectivity index (χ1v) is 17.2. The summed E-state index contributed by atoms with van der Waals surface area (Å²) in [5, 5.41) is 0. The topological polar surface area (TPSA) is 54.0 Å². The third-order valence-electron chi connectivity index (χ3n) is 13.2. The Morgan fingerprint density at radius 1 is 0.925 bits per heavy atom. The molecule has 6 aliphatic rings. The van der Waals surface area contributed by atoms with E-state index in [1.165, 1.54) is 44.9 Å². The molecule has 2 aliphatic heterocycles. The van der Waals surface area contributed by atoms with Crippen molar-refractivity contribution in [1.29, 1.82) is 0 Å². The minimum atomic E-state index is -0.840. The van der Waals surface area contributed by atoms with Gasteiger partial charge >= 0.3 is 5.97 Å². The Morgan fingerprint density at radius 3 is 2.42 bits per heavy atom. The average molecular weight is 559 g/mol. The maximum atomic E-state index is 12.3. The molecular formula is C35H58O5. The van der Waals surface area contributed by atoms with Crippen LogP contribution in [-0.2, 0) is 23.7 Å². The van der Waals surface area contributed by atoms with E-state index in [-0.39, 0.29) is 35.3 Å². The second-order valence-electron chi connectivity index (χ2n) is 16.0. The van der Waals surface area contributed by atoms with Gasteiger partial charge in [0, 0.05) is 18.8 Å². The maximum absolute atomic E-state index is 12.3. The fourth-order valence-electron chi connectivity index (χ4n) is 11.5. The molecule has 0 amide bonds. The normalized spacial score (nSPS) is 51.1. The number of hydrogen-bond donors (Lipinski definition) is 0. The van der Waals surface area contributed by atoms with Gasteiger partial charge in [0.15, 0.2) is 0 Å². The van der Waals surface area contributed by atoms with Gasteiger partial charge in [0.1, 0.15) is 11.7 Å². The van der Waals surface area contributed by atoms with Crippen molar-refractivity contribution in [1.82, 2.24) is 0 Å². The van der Waals surface area contributed by atoms with Crippen molar-refractivity contribution in [2.75, 3.05) is 0 Å². The molecule has 0 aromatic carbocycles. The van der Waals surface area contributed by atoms with Gasteiger partial charge in [-0.05, 0) is 124 Å². The molecule has 0 radical (unpaired) electrons. The number of esters is 1. The molecule has 0 aromatic heterocycles. The molecule has 6 fully saturated rings. The monoisotopic (exact) mass is 558 g/mol. The highest BCUT2D eigenvalue weighted by Gasteiger charge is 2.74. The van der Waals surface area contributed by atoms with Crippen LogP contribution in [0.15, 0.2) is 0 Å². The predicted octanol–water partition coefficient (Wildman–Crippen LogP) is 8.43. The van der Waals surface area contributed by atoms with Crippen molar-refractivity contribution in [2.45, 2.75) is 168 Å². The van der Waals surface area contributed by atoms with Crippen LogP contribution in [0.25, 0.3) is 0 Å². The van der Waals surface area contributed by atoms with Gasteiger partial charge in [0.05, 0.1) is 12.2 Å². The van der Waals surface area contributed by atoms with Gasteiger partial charge in [-0.1, -0.05) is 41.5 Å². The maximum Gasteiger partial charge on any atom is 0.306 e. The molecule has 2 bridgehead atoms. The Balaban J connectivity index is 1.23. The van der Waals surface area contributed by atoms with E-state index >= 15 is 0 Å². The summed E-state index contributed by atoms with van der Waals surface area (Å²) in [6.45, 7) is 16.5. The van der Waals surface area contributed by atoms with E-state index in [0.29, 0.717) is 35.5 Å². The van der Waals surface area contributed by atoms with Crippen LogP contribution in [0.3, 0.4) is 0 Å². The summed E-state index contributed by atoms with van der Waals surface area (Å²) in [4.78, 5) is 12.3. The van der Waals surface area contributed by atoms with Gasteiger partial charge in [-0.15, -0.1) is 0 Å². The summed E-state index contributed by atoms with van der Waals surface area (Å²) in [5.74, 6) is 3.16. The summed E-state index contributed by atoms with van der Waals surface area (Å²) < 4.78 is 26.7. The Hall–Kier alpha value is -0.650. The van der Waals surface area contributed by atoms with Crippen LogP contribution in [0.2, 0.25) is 0 Å². The highest BCUT2D eigenvalue weighted by atomic mass is 16.9. The van der Waals surface area contributed by atoms with Gasteiger partial charge in [0.25, 0.3) is 5.97 Å². The van der Waals surface area contributed by atoms with Gasteiger partial charge in [-0.2, -0.15) is 0 Å². The summed E-state index contributed by atoms with van der Waals surface area (Å²) in [6, 6.07) is 0. The Kier molecular flexibility index (Phi) is 7.73. The van der Waals surface area contributed by atoms with Gasteiger partial charge in [0.2, 0.25) is 0 Å². The lowest BCUT2D eigenvalue weighted by Crippen LogP contribution is -2.60. The molecule has 2 saturated heterocycles. The minimum Gasteiger partial charge on any atom is -0.462 e. The number of carbonyl (C=O) groups is 1. The number of ether oxygens (including phenoxy) is 4. The lowest BCUT2D eigenvalue weighted by atomic mass is 9.44. The van der Waals surface area contributed by atoms with Crippen molar-refractivity contribution in [3.63, 3.8) is 0 Å². The zero-order valence-electron chi connectivity index (χ0n) is 26.6. The standard InChI is InChI=1S/C35H58O5/c1-8-10-30(36)37-24-15-18-32(5)23(20-24)12-13-25-26(32)16-19-33(6)27(25)21-28-31(33)34(7)29(14-11-22(3)4)39-35(38-28,40-34)17-9-2/h22-29,31H,8-21H2,1-7H3/t23-,24-,25+,26-,27-,28-,29-,31-,32-,33-,34-,35-/m0/s1. The lowest BCUT2D eigenvalue weighted by molar-refractivity contribution is -0.403. The Bertz CT molecular complexity index is 950. The quantitative estimate of drug-likeness (QED) is 0.280. The molecule has 2 heterocycles. The summed E-state index contributed by atoms with van der Waals surface area (Å²) in [5.41, 5.74) is 0.335. The van der Waals surface area contributed by atoms with Crippen LogP contribution >= 0.6 is 0 Å². The molecule has 228 valence electrons. The lowest BCUT2D eigenvalue weighted by Gasteiger charge is -2.61. The average Bonchev–Trinajstić information content (AvgIpc) is 3.31. The van der Waals surface area contributed by atoms with E-state index in [1.807, 2.05) is 0 Å². The molecular weight excluding hydrogens is 500 g/mol. The Labute approximate surface area is 244 Å². The molecule has 4 aliphatic carbocycles. The predicted molar refractivity (Wildman–Crippen MR) is 156 cm³/mol. The molecule has 12 atom stereocenters. The highest BCUT2D eigenvalue weighted by molar-refractivity contribution is 5.69. The van der Waals surface area contributed by atoms with Gasteiger partial charge in [-0.25, -0.2) is 0 Å². The van der Waals surface area contributed by atoms with E-state index in [4.69, 9.17) is 18.9 Å². The van der Waals surface area contributed by atoms with Crippen LogP contribution in [0, 0.1) is 46.3 Å². The summed E-state index contributed by atoms with van der Waals surface area (Å²) in [6.07, 6.45) is 15.7. The molecule has 4 saturated carbocycles. The van der Waals surface area contributed by atoms with E-state index in [1.54, 1.807) is 0 Å². The first kappa shape index (κ1) is 29.4. The van der Waals surface area contributed by atoms with Crippen molar-refractivity contribution in [3.8, 4) is 0 Å². The van der Waals surface area contributed by atoms with Crippen LogP contribution < -0.4 is 0 Å². The van der Waals surface area contributed by atoms with E-state index in [0.717, 1.165) is 50.4 Å². The number of fused-ring (bicyclic) bond motifs is 10. The van der Waals surface area contributed by atoms with Crippen molar-refractivity contribution >= 4 is 5.97 Å². The second-order valence-corrected chi connectivity index (χ2v) is 16.0. The highest BCUT2D eigenvalue weighted by Crippen LogP contribution is 2.72. The minimum absolute atomic E-state index is 0.00770. The third-order valence-corrected chi connectivity index (χ3v) is 13.2. The van der Waals surface area contributed by atoms with Crippen molar-refractivity contribution in [3.05, 3.63) is 0 Å². The molecule has 0 aromatic rings. The number of rotatable bonds is 8. The van der Waals surface area contributed by atoms with E-state index < -0.39 is 5.97 Å². The fourth-order valence-corrected chi connectivity index (χ4v) is 11.5. The molecule has 0 spiro atoms. The fraction of sp³-hybridized carbons (Fsp3) is 0.971. The molecule has 0 N–H and O–H groups in total. The number of carbonyl (C=O) groups excluding carboxylic acids is 1. The van der Waals surface area contributed by atoms with Gasteiger partial charge < -0.3 is 18.9 Å². The summed E-state index contributed by atoms with van der Waals surface area (Å²) >= 11 is 0. The Morgan fingerprint density at radius 2 is 1.70 bits per heavy atom. The summed E-state index contributed by atoms with van der Waals surface area (Å²) in [7, 11) is 0. The molecule has 40 heavy (non-hydrogen) atoms. The van der Waals surface area contributed by atoms with Crippen molar-refractivity contribution < 1.29 is 23.7 Å². The zero-order valence-corrected chi connectivity index (χ0v) is 26.6. The SMILES string of the molecule is CCCC(=O)O[C@H]1CC[C@@]2(C)[C@@H](CC[C@@H]3[C@@H]2CC[C@@]2(C)[C@H]3C[C@@H]3O[C@@]4(CCC)O[C@@H](CCC(C)C)[C@](C)(O4)[C@@H]32)C1. The molecule has 5 heteroatoms. The third kappa shape index (κ3) is 4.53.